The number of hydrogen-bond acceptors (Lipinski definition) is 4. The molecule has 0 saturated carbocycles. The molecule has 2 aromatic heterocycles. The Balaban J connectivity index is 1.80. The highest BCUT2D eigenvalue weighted by Crippen LogP contribution is 2.43. The molecule has 0 aliphatic rings. The Hall–Kier alpha value is -4.16. The van der Waals surface area contributed by atoms with Crippen molar-refractivity contribution in [2.45, 2.75) is 0 Å². The number of hydrogen-bond donors (Lipinski definition) is 0. The van der Waals surface area contributed by atoms with Gasteiger partial charge in [0.2, 0.25) is 0 Å². The highest BCUT2D eigenvalue weighted by Gasteiger charge is 2.23. The molecule has 0 spiro atoms. The fourth-order valence-corrected chi connectivity index (χ4v) is 4.86. The summed E-state index contributed by atoms with van der Waals surface area (Å²) in [7, 11) is 3.32. The zero-order valence-corrected chi connectivity index (χ0v) is 21.4. The van der Waals surface area contributed by atoms with E-state index in [-0.39, 0.29) is 0 Å². The van der Waals surface area contributed by atoms with Gasteiger partial charge in [-0.05, 0) is 42.5 Å². The molecule has 6 heteroatoms. The van der Waals surface area contributed by atoms with Crippen LogP contribution < -0.4 is 9.47 Å². The average Bonchev–Trinajstić information content (AvgIpc) is 3.34. The van der Waals surface area contributed by atoms with Crippen molar-refractivity contribution in [3.8, 4) is 39.7 Å². The summed E-state index contributed by atoms with van der Waals surface area (Å²) in [5, 5.41) is 7.17. The molecule has 6 aromatic rings. The molecule has 0 fully saturated rings. The van der Waals surface area contributed by atoms with Crippen molar-refractivity contribution in [1.82, 2.24) is 14.8 Å². The number of halogens is 1. The van der Waals surface area contributed by atoms with Crippen LogP contribution in [0.2, 0.25) is 0 Å². The monoisotopic (exact) mass is 535 g/mol. The summed E-state index contributed by atoms with van der Waals surface area (Å²) in [4.78, 5) is 5.17. The van der Waals surface area contributed by atoms with E-state index in [4.69, 9.17) is 19.6 Å². The normalized spacial score (nSPS) is 11.2. The van der Waals surface area contributed by atoms with Gasteiger partial charge < -0.3 is 9.47 Å². The van der Waals surface area contributed by atoms with Crippen LogP contribution in [0.5, 0.6) is 11.5 Å². The predicted molar refractivity (Wildman–Crippen MR) is 148 cm³/mol. The van der Waals surface area contributed by atoms with Crippen molar-refractivity contribution in [1.29, 1.82) is 0 Å². The number of nitrogens with zero attached hydrogens (tertiary/aromatic N) is 3. The average molecular weight is 536 g/mol. The second kappa shape index (κ2) is 9.13. The van der Waals surface area contributed by atoms with E-state index in [1.165, 1.54) is 0 Å². The van der Waals surface area contributed by atoms with Gasteiger partial charge in [-0.1, -0.05) is 64.5 Å². The van der Waals surface area contributed by atoms with Crippen molar-refractivity contribution < 1.29 is 9.47 Å². The van der Waals surface area contributed by atoms with Crippen LogP contribution in [0.15, 0.2) is 102 Å². The minimum atomic E-state index is 0.688. The van der Waals surface area contributed by atoms with E-state index in [1.807, 2.05) is 71.4 Å². The van der Waals surface area contributed by atoms with E-state index in [9.17, 15) is 0 Å². The van der Waals surface area contributed by atoms with Crippen molar-refractivity contribution in [3.05, 3.63) is 102 Å². The third-order valence-corrected chi connectivity index (χ3v) is 6.82. The van der Waals surface area contributed by atoms with Gasteiger partial charge in [0.1, 0.15) is 17.2 Å². The maximum atomic E-state index is 5.80. The standard InChI is InChI=1S/C30H22BrN3O2/c1-35-22-16-17-24(26(18-22)36-2)29-27-28(19-12-14-20(31)15-13-19)33-34(21-8-4-3-5-9-21)30(27)23-10-6-7-11-25(23)32-29/h3-18H,1-2H3. The minimum absolute atomic E-state index is 0.688. The third-order valence-electron chi connectivity index (χ3n) is 6.30. The van der Waals surface area contributed by atoms with Gasteiger partial charge in [-0.15, -0.1) is 0 Å². The molecule has 0 amide bonds. The van der Waals surface area contributed by atoms with E-state index in [2.05, 4.69) is 46.3 Å². The lowest BCUT2D eigenvalue weighted by Gasteiger charge is -2.13. The number of methoxy groups -OCH3 is 2. The topological polar surface area (TPSA) is 49.2 Å². The summed E-state index contributed by atoms with van der Waals surface area (Å²) >= 11 is 3.56. The molecular formula is C30H22BrN3O2. The molecule has 0 aliphatic heterocycles. The molecule has 0 bridgehead atoms. The number of pyridine rings is 1. The summed E-state index contributed by atoms with van der Waals surface area (Å²) < 4.78 is 14.3. The summed E-state index contributed by atoms with van der Waals surface area (Å²) in [6, 6.07) is 32.4. The Morgan fingerprint density at radius 1 is 0.750 bits per heavy atom. The van der Waals surface area contributed by atoms with Crippen molar-refractivity contribution >= 4 is 37.7 Å². The quantitative estimate of drug-likeness (QED) is 0.227. The van der Waals surface area contributed by atoms with E-state index in [0.29, 0.717) is 5.75 Å². The second-order valence-corrected chi connectivity index (χ2v) is 9.29. The lowest BCUT2D eigenvalue weighted by Crippen LogP contribution is -1.98. The predicted octanol–water partition coefficient (Wildman–Crippen LogP) is 7.69. The van der Waals surface area contributed by atoms with Crippen LogP contribution in [-0.2, 0) is 0 Å². The highest BCUT2D eigenvalue weighted by atomic mass is 79.9. The molecule has 2 heterocycles. The van der Waals surface area contributed by atoms with Gasteiger partial charge >= 0.3 is 0 Å². The van der Waals surface area contributed by atoms with E-state index >= 15 is 0 Å². The number of benzene rings is 4. The van der Waals surface area contributed by atoms with Crippen LogP contribution in [0.4, 0.5) is 0 Å². The van der Waals surface area contributed by atoms with E-state index in [1.54, 1.807) is 14.2 Å². The van der Waals surface area contributed by atoms with Gasteiger partial charge in [0.25, 0.3) is 0 Å². The summed E-state index contributed by atoms with van der Waals surface area (Å²) in [5.74, 6) is 1.41. The number of rotatable bonds is 5. The maximum absolute atomic E-state index is 5.80. The van der Waals surface area contributed by atoms with Crippen molar-refractivity contribution in [2.24, 2.45) is 0 Å². The van der Waals surface area contributed by atoms with Gasteiger partial charge in [-0.2, -0.15) is 5.10 Å². The molecule has 6 rings (SSSR count). The fraction of sp³-hybridized carbons (Fsp3) is 0.0667. The first kappa shape index (κ1) is 22.3. The van der Waals surface area contributed by atoms with Gasteiger partial charge in [-0.3, -0.25) is 0 Å². The fourth-order valence-electron chi connectivity index (χ4n) is 4.59. The third kappa shape index (κ3) is 3.71. The largest absolute Gasteiger partial charge is 0.497 e. The summed E-state index contributed by atoms with van der Waals surface area (Å²) in [6.45, 7) is 0. The molecule has 5 nitrogen and oxygen atoms in total. The van der Waals surface area contributed by atoms with Crippen LogP contribution in [0.1, 0.15) is 0 Å². The number of ether oxygens (including phenoxy) is 2. The molecule has 0 unspecified atom stereocenters. The van der Waals surface area contributed by atoms with Crippen molar-refractivity contribution in [2.75, 3.05) is 14.2 Å². The van der Waals surface area contributed by atoms with Gasteiger partial charge in [0, 0.05) is 27.1 Å². The van der Waals surface area contributed by atoms with Crippen LogP contribution in [0, 0.1) is 0 Å². The Morgan fingerprint density at radius 3 is 2.25 bits per heavy atom. The van der Waals surface area contributed by atoms with E-state index < -0.39 is 0 Å². The number of aromatic nitrogens is 3. The number of para-hydroxylation sites is 2. The molecular weight excluding hydrogens is 514 g/mol. The summed E-state index contributed by atoms with van der Waals surface area (Å²) in [6.07, 6.45) is 0. The van der Waals surface area contributed by atoms with Crippen LogP contribution in [0.25, 0.3) is 50.0 Å². The first-order valence-electron chi connectivity index (χ1n) is 11.5. The first-order valence-corrected chi connectivity index (χ1v) is 12.3. The Labute approximate surface area is 217 Å². The molecule has 36 heavy (non-hydrogen) atoms. The SMILES string of the molecule is COc1ccc(-c2nc3ccccc3c3c2c(-c2ccc(Br)cc2)nn3-c2ccccc2)c(OC)c1. The smallest absolute Gasteiger partial charge is 0.131 e. The van der Waals surface area contributed by atoms with Crippen molar-refractivity contribution in [3.63, 3.8) is 0 Å². The molecule has 4 aromatic carbocycles. The van der Waals surface area contributed by atoms with E-state index in [0.717, 1.165) is 60.2 Å². The Bertz CT molecular complexity index is 1710. The lowest BCUT2D eigenvalue weighted by molar-refractivity contribution is 0.395. The zero-order chi connectivity index (χ0) is 24.6. The maximum Gasteiger partial charge on any atom is 0.131 e. The van der Waals surface area contributed by atoms with Crippen LogP contribution >= 0.6 is 15.9 Å². The second-order valence-electron chi connectivity index (χ2n) is 8.37. The Kier molecular flexibility index (Phi) is 5.66. The zero-order valence-electron chi connectivity index (χ0n) is 19.8. The molecule has 0 saturated heterocycles. The Morgan fingerprint density at radius 2 is 1.50 bits per heavy atom. The molecule has 0 aliphatic carbocycles. The van der Waals surface area contributed by atoms with Crippen LogP contribution in [0.3, 0.4) is 0 Å². The molecule has 0 N–H and O–H groups in total. The molecule has 0 radical (unpaired) electrons. The van der Waals surface area contributed by atoms with Gasteiger partial charge in [-0.25, -0.2) is 9.67 Å². The molecule has 0 atom stereocenters. The van der Waals surface area contributed by atoms with Crippen LogP contribution in [-0.4, -0.2) is 29.0 Å². The highest BCUT2D eigenvalue weighted by molar-refractivity contribution is 9.10. The molecule has 176 valence electrons. The van der Waals surface area contributed by atoms with Gasteiger partial charge in [0.05, 0.1) is 42.0 Å². The summed E-state index contributed by atoms with van der Waals surface area (Å²) in [5.41, 5.74) is 6.41. The van der Waals surface area contributed by atoms with Gasteiger partial charge in [0.15, 0.2) is 0 Å². The minimum Gasteiger partial charge on any atom is -0.497 e. The lowest BCUT2D eigenvalue weighted by atomic mass is 9.99. The first-order chi connectivity index (χ1) is 17.7. The number of fused-ring (bicyclic) bond motifs is 3.